The van der Waals surface area contributed by atoms with Gasteiger partial charge in [0.2, 0.25) is 0 Å². The molecular weight excluding hydrogens is 341 g/mol. The first-order valence-corrected chi connectivity index (χ1v) is 6.43. The second-order valence-corrected chi connectivity index (χ2v) is 5.04. The summed E-state index contributed by atoms with van der Waals surface area (Å²) in [5.41, 5.74) is 7.38. The Bertz CT molecular complexity index is 596. The van der Waals surface area contributed by atoms with Gasteiger partial charge in [0.25, 0.3) is 0 Å². The monoisotopic (exact) mass is 353 g/mol. The summed E-state index contributed by atoms with van der Waals surface area (Å²) < 4.78 is 6.20. The number of nitrogen functional groups attached to an aromatic ring is 1. The molecule has 2 aromatic carbocycles. The largest absolute Gasteiger partial charge is 0.496 e. The topological polar surface area (TPSA) is 52.3 Å². The van der Waals surface area contributed by atoms with E-state index in [-0.39, 0.29) is 5.78 Å². The zero-order valence-electron chi connectivity index (χ0n) is 9.81. The molecule has 0 saturated carbocycles. The first-order valence-electron chi connectivity index (χ1n) is 5.35. The second-order valence-electron chi connectivity index (χ2n) is 3.80. The molecule has 0 radical (unpaired) electrons. The number of ether oxygens (including phenoxy) is 1. The molecule has 0 bridgehead atoms. The lowest BCUT2D eigenvalue weighted by atomic mass is 10.0. The number of rotatable bonds is 3. The van der Waals surface area contributed by atoms with Crippen LogP contribution in [0.5, 0.6) is 5.75 Å². The molecular formula is C14H12INO2. The number of benzene rings is 2. The van der Waals surface area contributed by atoms with Crippen LogP contribution in [0, 0.1) is 3.57 Å². The zero-order chi connectivity index (χ0) is 13.1. The van der Waals surface area contributed by atoms with Gasteiger partial charge in [0.05, 0.1) is 12.7 Å². The van der Waals surface area contributed by atoms with Gasteiger partial charge in [0.15, 0.2) is 5.78 Å². The van der Waals surface area contributed by atoms with Crippen LogP contribution < -0.4 is 10.5 Å². The molecule has 4 heteroatoms. The third kappa shape index (κ3) is 2.64. The lowest BCUT2D eigenvalue weighted by Gasteiger charge is -2.08. The van der Waals surface area contributed by atoms with Crippen LogP contribution >= 0.6 is 22.6 Å². The number of hydrogen-bond donors (Lipinski definition) is 1. The van der Waals surface area contributed by atoms with Crippen LogP contribution in [-0.2, 0) is 0 Å². The highest BCUT2D eigenvalue weighted by Crippen LogP contribution is 2.24. The van der Waals surface area contributed by atoms with Gasteiger partial charge in [0, 0.05) is 14.8 Å². The van der Waals surface area contributed by atoms with Crippen LogP contribution in [0.1, 0.15) is 15.9 Å². The van der Waals surface area contributed by atoms with Crippen molar-refractivity contribution in [1.82, 2.24) is 0 Å². The van der Waals surface area contributed by atoms with Gasteiger partial charge in [-0.05, 0) is 52.9 Å². The van der Waals surface area contributed by atoms with Crippen LogP contribution in [0.25, 0.3) is 0 Å². The molecule has 92 valence electrons. The number of carbonyl (C=O) groups excluding carboxylic acids is 1. The minimum Gasteiger partial charge on any atom is -0.496 e. The lowest BCUT2D eigenvalue weighted by molar-refractivity contribution is 0.103. The van der Waals surface area contributed by atoms with Crippen molar-refractivity contribution in [2.75, 3.05) is 12.8 Å². The fourth-order valence-corrected chi connectivity index (χ4v) is 2.18. The molecule has 0 aromatic heterocycles. The van der Waals surface area contributed by atoms with Crippen molar-refractivity contribution in [2.24, 2.45) is 0 Å². The fraction of sp³-hybridized carbons (Fsp3) is 0.0714. The van der Waals surface area contributed by atoms with Gasteiger partial charge in [-0.2, -0.15) is 0 Å². The molecule has 0 atom stereocenters. The number of carbonyl (C=O) groups is 1. The average Bonchev–Trinajstić information content (AvgIpc) is 2.38. The van der Waals surface area contributed by atoms with E-state index in [1.54, 1.807) is 37.4 Å². The standard InChI is InChI=1S/C14H12INO2/c1-18-13-6-5-10(15)8-12(13)14(17)9-3-2-4-11(16)7-9/h2-8H,16H2,1H3. The molecule has 3 nitrogen and oxygen atoms in total. The van der Waals surface area contributed by atoms with Crippen LogP contribution in [0.4, 0.5) is 5.69 Å². The second kappa shape index (κ2) is 5.39. The maximum absolute atomic E-state index is 12.4. The number of nitrogens with two attached hydrogens (primary N) is 1. The number of methoxy groups -OCH3 is 1. The Morgan fingerprint density at radius 3 is 2.67 bits per heavy atom. The molecule has 0 unspecified atom stereocenters. The molecule has 2 N–H and O–H groups in total. The van der Waals surface area contributed by atoms with Crippen molar-refractivity contribution < 1.29 is 9.53 Å². The minimum atomic E-state index is -0.0855. The summed E-state index contributed by atoms with van der Waals surface area (Å²) in [6, 6.07) is 12.4. The van der Waals surface area contributed by atoms with Gasteiger partial charge in [-0.15, -0.1) is 0 Å². The van der Waals surface area contributed by atoms with Gasteiger partial charge in [-0.3, -0.25) is 4.79 Å². The lowest BCUT2D eigenvalue weighted by Crippen LogP contribution is -2.05. The molecule has 0 aliphatic carbocycles. The number of hydrogen-bond acceptors (Lipinski definition) is 3. The Morgan fingerprint density at radius 2 is 2.00 bits per heavy atom. The van der Waals surface area contributed by atoms with Crippen molar-refractivity contribution in [3.63, 3.8) is 0 Å². The van der Waals surface area contributed by atoms with E-state index in [9.17, 15) is 4.79 Å². The maximum atomic E-state index is 12.4. The van der Waals surface area contributed by atoms with E-state index < -0.39 is 0 Å². The SMILES string of the molecule is COc1ccc(I)cc1C(=O)c1cccc(N)c1. The molecule has 2 aromatic rings. The Labute approximate surface area is 119 Å². The van der Waals surface area contributed by atoms with Gasteiger partial charge in [0.1, 0.15) is 5.75 Å². The van der Waals surface area contributed by atoms with Crippen LogP contribution in [0.2, 0.25) is 0 Å². The van der Waals surface area contributed by atoms with Crippen molar-refractivity contribution in [3.8, 4) is 5.75 Å². The molecule has 0 aliphatic rings. The third-order valence-corrected chi connectivity index (χ3v) is 3.23. The predicted octanol–water partition coefficient (Wildman–Crippen LogP) is 3.11. The summed E-state index contributed by atoms with van der Waals surface area (Å²) in [4.78, 5) is 12.4. The zero-order valence-corrected chi connectivity index (χ0v) is 12.0. The Morgan fingerprint density at radius 1 is 1.22 bits per heavy atom. The molecule has 0 spiro atoms. The quantitative estimate of drug-likeness (QED) is 0.524. The number of ketones is 1. The number of halogens is 1. The molecule has 0 amide bonds. The Hall–Kier alpha value is -1.56. The van der Waals surface area contributed by atoms with E-state index >= 15 is 0 Å². The molecule has 0 heterocycles. The van der Waals surface area contributed by atoms with E-state index in [1.165, 1.54) is 0 Å². The van der Waals surface area contributed by atoms with Crippen LogP contribution in [-0.4, -0.2) is 12.9 Å². The van der Waals surface area contributed by atoms with Gasteiger partial charge < -0.3 is 10.5 Å². The fourth-order valence-electron chi connectivity index (χ4n) is 1.69. The van der Waals surface area contributed by atoms with E-state index in [4.69, 9.17) is 10.5 Å². The highest BCUT2D eigenvalue weighted by Gasteiger charge is 2.14. The Kier molecular flexibility index (Phi) is 3.86. The van der Waals surface area contributed by atoms with Gasteiger partial charge in [-0.25, -0.2) is 0 Å². The first-order chi connectivity index (χ1) is 8.61. The van der Waals surface area contributed by atoms with Gasteiger partial charge >= 0.3 is 0 Å². The summed E-state index contributed by atoms with van der Waals surface area (Å²) >= 11 is 2.17. The summed E-state index contributed by atoms with van der Waals surface area (Å²) in [6.45, 7) is 0. The molecule has 18 heavy (non-hydrogen) atoms. The smallest absolute Gasteiger partial charge is 0.196 e. The highest BCUT2D eigenvalue weighted by atomic mass is 127. The van der Waals surface area contributed by atoms with Crippen LogP contribution in [0.3, 0.4) is 0 Å². The summed E-state index contributed by atoms with van der Waals surface area (Å²) in [5.74, 6) is 0.487. The Balaban J connectivity index is 2.48. The third-order valence-electron chi connectivity index (χ3n) is 2.55. The van der Waals surface area contributed by atoms with E-state index in [1.807, 2.05) is 12.1 Å². The van der Waals surface area contributed by atoms with E-state index in [0.29, 0.717) is 22.6 Å². The maximum Gasteiger partial charge on any atom is 0.196 e. The average molecular weight is 353 g/mol. The predicted molar refractivity (Wildman–Crippen MR) is 80.0 cm³/mol. The van der Waals surface area contributed by atoms with Gasteiger partial charge in [-0.1, -0.05) is 12.1 Å². The molecule has 0 aliphatic heterocycles. The molecule has 2 rings (SSSR count). The summed E-state index contributed by atoms with van der Waals surface area (Å²) in [5, 5.41) is 0. The van der Waals surface area contributed by atoms with Crippen molar-refractivity contribution >= 4 is 34.1 Å². The molecule has 0 fully saturated rings. The molecule has 0 saturated heterocycles. The summed E-state index contributed by atoms with van der Waals surface area (Å²) in [6.07, 6.45) is 0. The van der Waals surface area contributed by atoms with Crippen molar-refractivity contribution in [3.05, 3.63) is 57.2 Å². The highest BCUT2D eigenvalue weighted by molar-refractivity contribution is 14.1. The first kappa shape index (κ1) is 12.9. The number of anilines is 1. The van der Waals surface area contributed by atoms with Crippen LogP contribution in [0.15, 0.2) is 42.5 Å². The summed E-state index contributed by atoms with van der Waals surface area (Å²) in [7, 11) is 1.55. The van der Waals surface area contributed by atoms with Crippen molar-refractivity contribution in [2.45, 2.75) is 0 Å². The normalized spacial score (nSPS) is 10.1. The van der Waals surface area contributed by atoms with Crippen molar-refractivity contribution in [1.29, 1.82) is 0 Å². The minimum absolute atomic E-state index is 0.0855. The van der Waals surface area contributed by atoms with E-state index in [2.05, 4.69) is 22.6 Å². The van der Waals surface area contributed by atoms with E-state index in [0.717, 1.165) is 3.57 Å².